The van der Waals surface area contributed by atoms with Crippen molar-refractivity contribution in [3.8, 4) is 0 Å². The van der Waals surface area contributed by atoms with Gasteiger partial charge in [0.25, 0.3) is 0 Å². The maximum absolute atomic E-state index is 12.8. The highest BCUT2D eigenvalue weighted by Crippen LogP contribution is 2.67. The Hall–Kier alpha value is -1.39. The van der Waals surface area contributed by atoms with Gasteiger partial charge in [0.15, 0.2) is 0 Å². The molecule has 0 saturated heterocycles. The predicted molar refractivity (Wildman–Crippen MR) is 205 cm³/mol. The van der Waals surface area contributed by atoms with Gasteiger partial charge in [-0.1, -0.05) is 135 Å². The third-order valence-corrected chi connectivity index (χ3v) is 14.1. The van der Waals surface area contributed by atoms with Gasteiger partial charge < -0.3 is 4.74 Å². The van der Waals surface area contributed by atoms with E-state index >= 15 is 0 Å². The molecule has 3 saturated carbocycles. The van der Waals surface area contributed by atoms with E-state index in [4.69, 9.17) is 9.99 Å². The van der Waals surface area contributed by atoms with E-state index in [1.807, 2.05) is 12.2 Å². The molecule has 0 aliphatic heterocycles. The van der Waals surface area contributed by atoms with Crippen LogP contribution in [0, 0.1) is 46.3 Å². The number of rotatable bonds is 21. The summed E-state index contributed by atoms with van der Waals surface area (Å²) in [6, 6.07) is 0. The Balaban J connectivity index is 1.12. The number of esters is 1. The second-order valence-electron chi connectivity index (χ2n) is 17.9. The van der Waals surface area contributed by atoms with Crippen molar-refractivity contribution in [3.63, 3.8) is 0 Å². The molecule has 0 amide bonds. The maximum atomic E-state index is 12.8. The minimum Gasteiger partial charge on any atom is -0.462 e. The number of hydrogen-bond donors (Lipinski definition) is 1. The Morgan fingerprint density at radius 2 is 1.69 bits per heavy atom. The topological polar surface area (TPSA) is 55.8 Å². The minimum atomic E-state index is -0.204. The molecule has 4 rings (SSSR count). The summed E-state index contributed by atoms with van der Waals surface area (Å²) in [6.45, 7) is 14.8. The van der Waals surface area contributed by atoms with Gasteiger partial charge in [-0.3, -0.25) is 10.1 Å². The second kappa shape index (κ2) is 20.0. The smallest absolute Gasteiger partial charge is 0.306 e. The Bertz CT molecular complexity index is 1070. The minimum absolute atomic E-state index is 0.0189. The van der Waals surface area contributed by atoms with Gasteiger partial charge >= 0.3 is 5.97 Å². The van der Waals surface area contributed by atoms with Crippen LogP contribution in [0.5, 0.6) is 0 Å². The molecule has 4 heteroatoms. The molecule has 3 fully saturated rings. The van der Waals surface area contributed by atoms with Crippen molar-refractivity contribution < 1.29 is 19.7 Å². The number of carbonyl (C=O) groups excluding carboxylic acids is 1. The molecule has 9 atom stereocenters. The first-order valence-electron chi connectivity index (χ1n) is 21.1. The highest BCUT2D eigenvalue weighted by Gasteiger charge is 2.59. The van der Waals surface area contributed by atoms with E-state index in [1.165, 1.54) is 89.9 Å². The Kier molecular flexibility index (Phi) is 16.5. The largest absolute Gasteiger partial charge is 0.462 e. The third-order valence-electron chi connectivity index (χ3n) is 14.1. The Labute approximate surface area is 302 Å². The lowest BCUT2D eigenvalue weighted by molar-refractivity contribution is -0.267. The summed E-state index contributed by atoms with van der Waals surface area (Å²) >= 11 is 0. The van der Waals surface area contributed by atoms with Crippen molar-refractivity contribution in [2.24, 2.45) is 46.3 Å². The first kappa shape index (κ1) is 40.4. The standard InChI is InChI=1S/C45H76O4/c1-7-8-16-22-37(49-47)23-17-14-12-10-9-11-13-15-18-24-43(46)48-38-29-31-44(5)36(33-38)25-26-39-41-28-27-40(35(4)21-19-20-34(2)3)45(41,6)32-30-42(39)44/h12,14,17,23,25,34-35,37-42,47H,7-11,13,15-16,18-22,24,26-33H2,1-6H3/b14-12-,23-17+/t35-,37+,38-,39-,40-,41+,42-,44-,45+/m0/s1. The van der Waals surface area contributed by atoms with E-state index in [0.29, 0.717) is 17.3 Å². The van der Waals surface area contributed by atoms with Gasteiger partial charge in [-0.15, -0.1) is 0 Å². The van der Waals surface area contributed by atoms with Gasteiger partial charge in [-0.05, 0) is 117 Å². The fourth-order valence-corrected chi connectivity index (χ4v) is 11.2. The van der Waals surface area contributed by atoms with Crippen LogP contribution in [0.2, 0.25) is 0 Å². The highest BCUT2D eigenvalue weighted by molar-refractivity contribution is 5.69. The number of allylic oxidation sites excluding steroid dienone is 4. The molecule has 0 radical (unpaired) electrons. The van der Waals surface area contributed by atoms with Crippen LogP contribution in [-0.2, 0) is 14.4 Å². The van der Waals surface area contributed by atoms with Gasteiger partial charge in [0.2, 0.25) is 0 Å². The number of carbonyl (C=O) groups is 1. The summed E-state index contributed by atoms with van der Waals surface area (Å²) < 4.78 is 6.11. The number of ether oxygens (including phenoxy) is 1. The van der Waals surface area contributed by atoms with E-state index in [2.05, 4.69) is 64.7 Å². The molecule has 0 unspecified atom stereocenters. The monoisotopic (exact) mass is 681 g/mol. The lowest BCUT2D eigenvalue weighted by atomic mass is 9.47. The summed E-state index contributed by atoms with van der Waals surface area (Å²) in [6.07, 6.45) is 36.5. The van der Waals surface area contributed by atoms with Crippen molar-refractivity contribution in [1.82, 2.24) is 0 Å². The molecule has 0 bridgehead atoms. The first-order chi connectivity index (χ1) is 23.6. The molecule has 0 aromatic rings. The van der Waals surface area contributed by atoms with Gasteiger partial charge in [0.05, 0.1) is 0 Å². The van der Waals surface area contributed by atoms with E-state index < -0.39 is 0 Å². The quantitative estimate of drug-likeness (QED) is 0.0327. The zero-order valence-electron chi connectivity index (χ0n) is 32.7. The van der Waals surface area contributed by atoms with E-state index in [0.717, 1.165) is 80.5 Å². The highest BCUT2D eigenvalue weighted by atomic mass is 17.1. The predicted octanol–water partition coefficient (Wildman–Crippen LogP) is 13.2. The Morgan fingerprint density at radius 3 is 2.47 bits per heavy atom. The van der Waals surface area contributed by atoms with Crippen molar-refractivity contribution in [3.05, 3.63) is 36.0 Å². The third kappa shape index (κ3) is 11.1. The molecular formula is C45H76O4. The van der Waals surface area contributed by atoms with Gasteiger partial charge in [0.1, 0.15) is 12.2 Å². The SMILES string of the molecule is CCCCC[C@H](/C=C/C=C\CCCCCCCC(=O)O[C@H]1CC[C@@]2(C)C(=CC[C@H]3[C@H]4CC[C@@H]([C@@H](C)CCCC(C)C)[C@@]4(C)CC[C@@H]32)C1)OO. The molecular weight excluding hydrogens is 604 g/mol. The zero-order chi connectivity index (χ0) is 35.3. The van der Waals surface area contributed by atoms with Crippen LogP contribution in [0.3, 0.4) is 0 Å². The molecule has 0 aromatic carbocycles. The molecule has 280 valence electrons. The fourth-order valence-electron chi connectivity index (χ4n) is 11.2. The van der Waals surface area contributed by atoms with E-state index in [9.17, 15) is 4.79 Å². The van der Waals surface area contributed by atoms with Crippen LogP contribution in [0.25, 0.3) is 0 Å². The number of unbranched alkanes of at least 4 members (excludes halogenated alkanes) is 7. The Morgan fingerprint density at radius 1 is 0.898 bits per heavy atom. The molecule has 0 heterocycles. The van der Waals surface area contributed by atoms with Gasteiger partial charge in [-0.2, -0.15) is 0 Å². The van der Waals surface area contributed by atoms with Crippen LogP contribution in [0.15, 0.2) is 36.0 Å². The van der Waals surface area contributed by atoms with Gasteiger partial charge in [-0.25, -0.2) is 4.89 Å². The van der Waals surface area contributed by atoms with Crippen molar-refractivity contribution >= 4 is 5.97 Å². The fraction of sp³-hybridized carbons (Fsp3) is 0.844. The van der Waals surface area contributed by atoms with Crippen LogP contribution >= 0.6 is 0 Å². The lowest BCUT2D eigenvalue weighted by Crippen LogP contribution is -2.51. The van der Waals surface area contributed by atoms with E-state index in [-0.39, 0.29) is 18.2 Å². The summed E-state index contributed by atoms with van der Waals surface area (Å²) in [7, 11) is 0. The maximum Gasteiger partial charge on any atom is 0.306 e. The van der Waals surface area contributed by atoms with Gasteiger partial charge in [0, 0.05) is 12.8 Å². The average molecular weight is 681 g/mol. The van der Waals surface area contributed by atoms with Crippen LogP contribution < -0.4 is 0 Å². The number of hydrogen-bond acceptors (Lipinski definition) is 4. The average Bonchev–Trinajstić information content (AvgIpc) is 3.43. The summed E-state index contributed by atoms with van der Waals surface area (Å²) in [5.41, 5.74) is 2.47. The van der Waals surface area contributed by atoms with Crippen molar-refractivity contribution in [1.29, 1.82) is 0 Å². The first-order valence-corrected chi connectivity index (χ1v) is 21.1. The van der Waals surface area contributed by atoms with E-state index in [1.54, 1.807) is 5.57 Å². The summed E-state index contributed by atoms with van der Waals surface area (Å²) in [5, 5.41) is 9.04. The van der Waals surface area contributed by atoms with Crippen LogP contribution in [0.4, 0.5) is 0 Å². The normalized spacial score (nSPS) is 32.6. The second-order valence-corrected chi connectivity index (χ2v) is 17.9. The molecule has 4 aliphatic rings. The zero-order valence-corrected chi connectivity index (χ0v) is 32.7. The summed E-state index contributed by atoms with van der Waals surface area (Å²) in [5.74, 6) is 5.19. The number of fused-ring (bicyclic) bond motifs is 5. The van der Waals surface area contributed by atoms with Crippen LogP contribution in [-0.4, -0.2) is 23.4 Å². The molecule has 4 nitrogen and oxygen atoms in total. The molecule has 0 aromatic heterocycles. The van der Waals surface area contributed by atoms with Crippen molar-refractivity contribution in [2.75, 3.05) is 0 Å². The summed E-state index contributed by atoms with van der Waals surface area (Å²) in [4.78, 5) is 17.4. The van der Waals surface area contributed by atoms with Crippen molar-refractivity contribution in [2.45, 2.75) is 195 Å². The lowest BCUT2D eigenvalue weighted by Gasteiger charge is -2.58. The molecule has 4 aliphatic carbocycles. The molecule has 1 N–H and O–H groups in total. The molecule has 49 heavy (non-hydrogen) atoms. The van der Waals surface area contributed by atoms with Crippen LogP contribution in [0.1, 0.15) is 183 Å². The molecule has 0 spiro atoms.